The zero-order chi connectivity index (χ0) is 15.7. The van der Waals surface area contributed by atoms with Crippen molar-refractivity contribution in [2.75, 3.05) is 6.54 Å². The van der Waals surface area contributed by atoms with Crippen molar-refractivity contribution < 1.29 is 4.79 Å². The largest absolute Gasteiger partial charge is 0.351 e. The van der Waals surface area contributed by atoms with E-state index in [1.165, 1.54) is 4.88 Å². The average molecular weight is 315 g/mol. The molecule has 3 aromatic heterocycles. The van der Waals surface area contributed by atoms with Crippen LogP contribution in [0.5, 0.6) is 0 Å². The van der Waals surface area contributed by atoms with Gasteiger partial charge in [0, 0.05) is 30.1 Å². The summed E-state index contributed by atoms with van der Waals surface area (Å²) in [5.74, 6) is -0.148. The lowest BCUT2D eigenvalue weighted by Crippen LogP contribution is -2.36. The molecule has 7 heteroatoms. The number of nitrogens with one attached hydrogen (secondary N) is 1. The van der Waals surface area contributed by atoms with Crippen LogP contribution >= 0.6 is 11.3 Å². The lowest BCUT2D eigenvalue weighted by Gasteiger charge is -2.23. The number of pyridine rings is 1. The van der Waals surface area contributed by atoms with Gasteiger partial charge in [0.1, 0.15) is 5.52 Å². The van der Waals surface area contributed by atoms with Gasteiger partial charge in [0.05, 0.1) is 5.56 Å². The number of fused-ring (bicyclic) bond motifs is 1. The average Bonchev–Trinajstić information content (AvgIpc) is 3.15. The highest BCUT2D eigenvalue weighted by Gasteiger charge is 2.23. The van der Waals surface area contributed by atoms with E-state index in [-0.39, 0.29) is 11.3 Å². The van der Waals surface area contributed by atoms with Crippen molar-refractivity contribution in [2.24, 2.45) is 7.05 Å². The predicted octanol–water partition coefficient (Wildman–Crippen LogP) is 2.13. The van der Waals surface area contributed by atoms with E-state index in [2.05, 4.69) is 40.5 Å². The van der Waals surface area contributed by atoms with Crippen LogP contribution in [0.1, 0.15) is 29.1 Å². The minimum Gasteiger partial charge on any atom is -0.351 e. The Bertz CT molecular complexity index is 807. The summed E-state index contributed by atoms with van der Waals surface area (Å²) >= 11 is 1.70. The van der Waals surface area contributed by atoms with Gasteiger partial charge in [-0.3, -0.25) is 4.79 Å². The minimum absolute atomic E-state index is 0.103. The lowest BCUT2D eigenvalue weighted by molar-refractivity contribution is 0.0945. The maximum absolute atomic E-state index is 12.3. The molecule has 3 aromatic rings. The van der Waals surface area contributed by atoms with E-state index in [9.17, 15) is 4.79 Å². The van der Waals surface area contributed by atoms with Gasteiger partial charge in [0.15, 0.2) is 5.65 Å². The number of carbonyl (C=O) groups excluding carboxylic acids is 1. The summed E-state index contributed by atoms with van der Waals surface area (Å²) in [5.41, 5.74) is 1.67. The summed E-state index contributed by atoms with van der Waals surface area (Å²) < 4.78 is 1.58. The first kappa shape index (κ1) is 14.6. The van der Waals surface area contributed by atoms with Crippen molar-refractivity contribution in [2.45, 2.75) is 19.3 Å². The summed E-state index contributed by atoms with van der Waals surface area (Å²) in [4.78, 5) is 17.8. The third kappa shape index (κ3) is 2.71. The highest BCUT2D eigenvalue weighted by Crippen LogP contribution is 2.26. The molecule has 0 aliphatic rings. The number of nitrogens with zero attached hydrogens (tertiary/aromatic N) is 4. The molecule has 0 saturated heterocycles. The summed E-state index contributed by atoms with van der Waals surface area (Å²) in [6, 6.07) is 5.82. The van der Waals surface area contributed by atoms with Crippen LogP contribution in [0, 0.1) is 0 Å². The molecule has 114 valence electrons. The lowest BCUT2D eigenvalue weighted by atomic mass is 9.91. The molecule has 0 spiro atoms. The van der Waals surface area contributed by atoms with Gasteiger partial charge in [-0.25, -0.2) is 9.67 Å². The molecule has 0 aromatic carbocycles. The third-order valence-corrected chi connectivity index (χ3v) is 4.82. The van der Waals surface area contributed by atoms with Gasteiger partial charge in [0.2, 0.25) is 0 Å². The summed E-state index contributed by atoms with van der Waals surface area (Å²) in [7, 11) is 1.77. The van der Waals surface area contributed by atoms with E-state index in [4.69, 9.17) is 0 Å². The fourth-order valence-corrected chi connectivity index (χ4v) is 3.06. The number of carbonyl (C=O) groups is 1. The zero-order valence-electron chi connectivity index (χ0n) is 12.7. The van der Waals surface area contributed by atoms with Crippen molar-refractivity contribution in [1.82, 2.24) is 25.3 Å². The van der Waals surface area contributed by atoms with Crippen molar-refractivity contribution >= 4 is 28.4 Å². The standard InChI is InChI=1S/C15H17N5OS/c1-15(2,12-5-4-6-22-12)9-17-14(21)10-7-11-13(16-8-10)20(3)19-18-11/h4-8H,9H2,1-3H3,(H,17,21). The molecule has 1 amide bonds. The van der Waals surface area contributed by atoms with Crippen LogP contribution in [0.4, 0.5) is 0 Å². The quantitative estimate of drug-likeness (QED) is 0.800. The molecule has 0 aliphatic carbocycles. The van der Waals surface area contributed by atoms with Gasteiger partial charge in [-0.1, -0.05) is 25.1 Å². The highest BCUT2D eigenvalue weighted by molar-refractivity contribution is 7.10. The van der Waals surface area contributed by atoms with Crippen LogP contribution in [0.25, 0.3) is 11.2 Å². The van der Waals surface area contributed by atoms with Crippen LogP contribution in [0.2, 0.25) is 0 Å². The van der Waals surface area contributed by atoms with Crippen molar-refractivity contribution in [3.05, 3.63) is 40.2 Å². The first-order chi connectivity index (χ1) is 10.5. The van der Waals surface area contributed by atoms with E-state index >= 15 is 0 Å². The normalized spacial score (nSPS) is 11.8. The van der Waals surface area contributed by atoms with Gasteiger partial charge in [-0.2, -0.15) is 0 Å². The second-order valence-corrected chi connectivity index (χ2v) is 6.77. The summed E-state index contributed by atoms with van der Waals surface area (Å²) in [6.45, 7) is 4.79. The maximum atomic E-state index is 12.3. The van der Waals surface area contributed by atoms with E-state index in [0.717, 1.165) is 0 Å². The number of thiophene rings is 1. The molecular weight excluding hydrogens is 298 g/mol. The second-order valence-electron chi connectivity index (χ2n) is 5.82. The number of hydrogen-bond acceptors (Lipinski definition) is 5. The molecule has 0 fully saturated rings. The Hall–Kier alpha value is -2.28. The molecule has 6 nitrogen and oxygen atoms in total. The number of aryl methyl sites for hydroxylation is 1. The Morgan fingerprint density at radius 1 is 1.45 bits per heavy atom. The number of amides is 1. The van der Waals surface area contributed by atoms with Crippen LogP contribution in [-0.4, -0.2) is 32.4 Å². The van der Waals surface area contributed by atoms with E-state index < -0.39 is 0 Å². The molecule has 22 heavy (non-hydrogen) atoms. The van der Waals surface area contributed by atoms with E-state index in [0.29, 0.717) is 23.3 Å². The van der Waals surface area contributed by atoms with E-state index in [1.807, 2.05) is 11.4 Å². The summed E-state index contributed by atoms with van der Waals surface area (Å²) in [5, 5.41) is 12.9. The zero-order valence-corrected chi connectivity index (χ0v) is 13.5. The minimum atomic E-state index is -0.148. The SMILES string of the molecule is Cn1nnc2cc(C(=O)NCC(C)(C)c3cccs3)cnc21. The van der Waals surface area contributed by atoms with Crippen LogP contribution < -0.4 is 5.32 Å². The van der Waals surface area contributed by atoms with Crippen LogP contribution in [0.15, 0.2) is 29.8 Å². The van der Waals surface area contributed by atoms with Crippen molar-refractivity contribution in [3.63, 3.8) is 0 Å². The van der Waals surface area contributed by atoms with Gasteiger partial charge in [0.25, 0.3) is 5.91 Å². The van der Waals surface area contributed by atoms with Gasteiger partial charge >= 0.3 is 0 Å². The maximum Gasteiger partial charge on any atom is 0.252 e. The molecule has 0 saturated carbocycles. The topological polar surface area (TPSA) is 72.7 Å². The first-order valence-electron chi connectivity index (χ1n) is 6.95. The van der Waals surface area contributed by atoms with E-state index in [1.54, 1.807) is 35.3 Å². The van der Waals surface area contributed by atoms with Crippen LogP contribution in [0.3, 0.4) is 0 Å². The van der Waals surface area contributed by atoms with Crippen LogP contribution in [-0.2, 0) is 12.5 Å². The Morgan fingerprint density at radius 3 is 3.00 bits per heavy atom. The molecule has 0 bridgehead atoms. The Kier molecular flexibility index (Phi) is 3.66. The molecule has 3 heterocycles. The molecule has 0 unspecified atom stereocenters. The fourth-order valence-electron chi connectivity index (χ4n) is 2.20. The smallest absolute Gasteiger partial charge is 0.252 e. The highest BCUT2D eigenvalue weighted by atomic mass is 32.1. The second kappa shape index (κ2) is 5.49. The number of hydrogen-bond donors (Lipinski definition) is 1. The van der Waals surface area contributed by atoms with Crippen molar-refractivity contribution in [1.29, 1.82) is 0 Å². The molecule has 0 atom stereocenters. The molecular formula is C15H17N5OS. The van der Waals surface area contributed by atoms with Gasteiger partial charge in [-0.05, 0) is 17.5 Å². The summed E-state index contributed by atoms with van der Waals surface area (Å²) in [6.07, 6.45) is 1.55. The Labute approximate surface area is 132 Å². The number of aromatic nitrogens is 4. The third-order valence-electron chi connectivity index (χ3n) is 3.58. The van der Waals surface area contributed by atoms with Gasteiger partial charge in [-0.15, -0.1) is 16.4 Å². The number of rotatable bonds is 4. The molecule has 0 aliphatic heterocycles. The van der Waals surface area contributed by atoms with Crippen molar-refractivity contribution in [3.8, 4) is 0 Å². The van der Waals surface area contributed by atoms with Gasteiger partial charge < -0.3 is 5.32 Å². The monoisotopic (exact) mass is 315 g/mol. The molecule has 3 rings (SSSR count). The Morgan fingerprint density at radius 2 is 2.27 bits per heavy atom. The fraction of sp³-hybridized carbons (Fsp3) is 0.333. The predicted molar refractivity (Wildman–Crippen MR) is 86.0 cm³/mol. The Balaban J connectivity index is 1.73. The molecule has 0 radical (unpaired) electrons. The first-order valence-corrected chi connectivity index (χ1v) is 7.83. The molecule has 1 N–H and O–H groups in total.